The highest BCUT2D eigenvalue weighted by Crippen LogP contribution is 2.19. The summed E-state index contributed by atoms with van der Waals surface area (Å²) in [6, 6.07) is 0. The average Bonchev–Trinajstić information content (AvgIpc) is 3.04. The van der Waals surface area contributed by atoms with Crippen LogP contribution in [0.5, 0.6) is 0 Å². The van der Waals surface area contributed by atoms with Gasteiger partial charge in [0.2, 0.25) is 0 Å². The fourth-order valence-electron chi connectivity index (χ4n) is 5.70. The number of hydrogen-bond acceptors (Lipinski definition) is 3. The minimum Gasteiger partial charge on any atom is -0.481 e. The molecule has 0 rings (SSSR count). The topological polar surface area (TPSA) is 63.6 Å². The van der Waals surface area contributed by atoms with E-state index >= 15 is 0 Å². The predicted molar refractivity (Wildman–Crippen MR) is 199 cm³/mol. The maximum absolute atomic E-state index is 12.6. The molecule has 0 aliphatic heterocycles. The van der Waals surface area contributed by atoms with E-state index in [1.54, 1.807) is 0 Å². The van der Waals surface area contributed by atoms with Crippen LogP contribution >= 0.6 is 0 Å². The Bertz CT molecular complexity index is 779. The molecule has 0 aromatic heterocycles. The molecule has 0 aliphatic carbocycles. The molecule has 0 aromatic carbocycles. The number of ether oxygens (including phenoxy) is 1. The molecule has 0 aromatic rings. The summed E-state index contributed by atoms with van der Waals surface area (Å²) in [6.07, 6.45) is 50.0. The summed E-state index contributed by atoms with van der Waals surface area (Å²) in [5, 5.41) is 8.69. The van der Waals surface area contributed by atoms with Gasteiger partial charge in [-0.05, 0) is 77.0 Å². The molecule has 266 valence electrons. The first-order chi connectivity index (χ1) is 22.6. The largest absolute Gasteiger partial charge is 0.481 e. The van der Waals surface area contributed by atoms with Gasteiger partial charge in [0.25, 0.3) is 0 Å². The number of rotatable bonds is 35. The summed E-state index contributed by atoms with van der Waals surface area (Å²) < 4.78 is 6.01. The number of hydrogen-bond donors (Lipinski definition) is 1. The third kappa shape index (κ3) is 36.4. The van der Waals surface area contributed by atoms with Crippen molar-refractivity contribution in [3.63, 3.8) is 0 Å². The monoisotopic (exact) mass is 643 g/mol. The van der Waals surface area contributed by atoms with E-state index in [9.17, 15) is 9.59 Å². The Kier molecular flexibility index (Phi) is 35.7. The van der Waals surface area contributed by atoms with Gasteiger partial charge >= 0.3 is 11.9 Å². The minimum atomic E-state index is -0.672. The van der Waals surface area contributed by atoms with E-state index in [4.69, 9.17) is 9.84 Å². The van der Waals surface area contributed by atoms with Gasteiger partial charge in [0.1, 0.15) is 6.10 Å². The van der Waals surface area contributed by atoms with Crippen LogP contribution in [0.25, 0.3) is 0 Å². The highest BCUT2D eigenvalue weighted by molar-refractivity contribution is 5.69. The van der Waals surface area contributed by atoms with Gasteiger partial charge in [-0.2, -0.15) is 0 Å². The van der Waals surface area contributed by atoms with Crippen molar-refractivity contribution in [3.05, 3.63) is 48.6 Å². The molecular weight excluding hydrogens is 568 g/mol. The highest BCUT2D eigenvalue weighted by atomic mass is 16.5. The zero-order valence-electron chi connectivity index (χ0n) is 30.4. The molecule has 1 atom stereocenters. The second kappa shape index (κ2) is 37.4. The van der Waals surface area contributed by atoms with E-state index < -0.39 is 5.97 Å². The average molecular weight is 643 g/mol. The standard InChI is InChI=1S/C42H74O4/c1-3-5-7-9-11-12-13-14-15-16-21-24-27-31-35-39-42(45)46-40(36-32-28-10-8-6-4-2)37-33-29-25-22-19-17-18-20-23-26-30-34-38-41(43)44/h5,7,11-12,14-15,21,24,40H,3-4,6,8-10,13,16-20,22-23,25-39H2,1-2H3,(H,43,44)/b7-5-,12-11-,15-14-,24-21-. The summed E-state index contributed by atoms with van der Waals surface area (Å²) >= 11 is 0. The van der Waals surface area contributed by atoms with Crippen LogP contribution < -0.4 is 0 Å². The van der Waals surface area contributed by atoms with Crippen LogP contribution in [0.3, 0.4) is 0 Å². The number of carbonyl (C=O) groups is 2. The molecule has 0 radical (unpaired) electrons. The molecular formula is C42H74O4. The summed E-state index contributed by atoms with van der Waals surface area (Å²) in [5.41, 5.74) is 0. The van der Waals surface area contributed by atoms with Crippen molar-refractivity contribution in [1.29, 1.82) is 0 Å². The Morgan fingerprint density at radius 3 is 1.39 bits per heavy atom. The fraction of sp³-hybridized carbons (Fsp3) is 0.762. The molecule has 0 heterocycles. The molecule has 0 fully saturated rings. The van der Waals surface area contributed by atoms with Gasteiger partial charge in [0.05, 0.1) is 0 Å². The Labute approximate surface area is 285 Å². The van der Waals surface area contributed by atoms with Crippen molar-refractivity contribution >= 4 is 11.9 Å². The molecule has 0 spiro atoms. The summed E-state index contributed by atoms with van der Waals surface area (Å²) in [5.74, 6) is -0.669. The van der Waals surface area contributed by atoms with E-state index in [1.165, 1.54) is 96.3 Å². The number of allylic oxidation sites excluding steroid dienone is 8. The van der Waals surface area contributed by atoms with Crippen LogP contribution in [0, 0.1) is 0 Å². The minimum absolute atomic E-state index is 0.00280. The maximum Gasteiger partial charge on any atom is 0.306 e. The second-order valence-corrected chi connectivity index (χ2v) is 13.1. The van der Waals surface area contributed by atoms with E-state index in [2.05, 4.69) is 62.5 Å². The van der Waals surface area contributed by atoms with Crippen LogP contribution in [0.4, 0.5) is 0 Å². The van der Waals surface area contributed by atoms with Gasteiger partial charge in [0, 0.05) is 12.8 Å². The SMILES string of the molecule is CC/C=C\C/C=C\C/C=C\C/C=C\CCCCC(=O)OC(CCCCCCCC)CCCCCCCCCCCCCCC(=O)O. The van der Waals surface area contributed by atoms with Gasteiger partial charge in [-0.25, -0.2) is 0 Å². The van der Waals surface area contributed by atoms with Crippen molar-refractivity contribution in [2.24, 2.45) is 0 Å². The lowest BCUT2D eigenvalue weighted by Gasteiger charge is -2.18. The van der Waals surface area contributed by atoms with E-state index in [0.717, 1.165) is 77.0 Å². The molecule has 0 saturated carbocycles. The number of carboxylic acid groups (broad SMARTS) is 1. The highest BCUT2D eigenvalue weighted by Gasteiger charge is 2.14. The van der Waals surface area contributed by atoms with Gasteiger partial charge in [-0.15, -0.1) is 0 Å². The van der Waals surface area contributed by atoms with Crippen molar-refractivity contribution in [3.8, 4) is 0 Å². The lowest BCUT2D eigenvalue weighted by atomic mass is 10.0. The Balaban J connectivity index is 4.03. The summed E-state index contributed by atoms with van der Waals surface area (Å²) in [4.78, 5) is 23.2. The molecule has 1 unspecified atom stereocenters. The molecule has 0 amide bonds. The molecule has 4 heteroatoms. The smallest absolute Gasteiger partial charge is 0.306 e. The maximum atomic E-state index is 12.6. The molecule has 4 nitrogen and oxygen atoms in total. The van der Waals surface area contributed by atoms with Gasteiger partial charge < -0.3 is 9.84 Å². The van der Waals surface area contributed by atoms with Crippen molar-refractivity contribution < 1.29 is 19.4 Å². The quantitative estimate of drug-likeness (QED) is 0.0424. The number of esters is 1. The van der Waals surface area contributed by atoms with E-state index in [-0.39, 0.29) is 12.1 Å². The molecule has 0 saturated heterocycles. The normalized spacial score (nSPS) is 12.7. The summed E-state index contributed by atoms with van der Waals surface area (Å²) in [7, 11) is 0. The van der Waals surface area contributed by atoms with Gasteiger partial charge in [0.15, 0.2) is 0 Å². The van der Waals surface area contributed by atoms with Crippen LogP contribution in [-0.2, 0) is 14.3 Å². The lowest BCUT2D eigenvalue weighted by molar-refractivity contribution is -0.150. The number of unbranched alkanes of at least 4 members (excludes halogenated alkanes) is 18. The predicted octanol–water partition coefficient (Wildman–Crippen LogP) is 13.6. The number of carbonyl (C=O) groups excluding carboxylic acids is 1. The second-order valence-electron chi connectivity index (χ2n) is 13.1. The first-order valence-electron chi connectivity index (χ1n) is 19.6. The first kappa shape index (κ1) is 43.9. The van der Waals surface area contributed by atoms with E-state index in [1.807, 2.05) is 0 Å². The van der Waals surface area contributed by atoms with Crippen LogP contribution in [0.2, 0.25) is 0 Å². The third-order valence-electron chi connectivity index (χ3n) is 8.57. The number of aliphatic carboxylic acids is 1. The molecule has 0 bridgehead atoms. The Morgan fingerprint density at radius 2 is 0.913 bits per heavy atom. The van der Waals surface area contributed by atoms with Gasteiger partial charge in [-0.1, -0.05) is 159 Å². The van der Waals surface area contributed by atoms with Gasteiger partial charge in [-0.3, -0.25) is 9.59 Å². The first-order valence-corrected chi connectivity index (χ1v) is 19.6. The Morgan fingerprint density at radius 1 is 0.500 bits per heavy atom. The van der Waals surface area contributed by atoms with Crippen LogP contribution in [-0.4, -0.2) is 23.1 Å². The van der Waals surface area contributed by atoms with Crippen LogP contribution in [0.1, 0.15) is 200 Å². The molecule has 46 heavy (non-hydrogen) atoms. The summed E-state index contributed by atoms with van der Waals surface area (Å²) in [6.45, 7) is 4.42. The zero-order valence-corrected chi connectivity index (χ0v) is 30.4. The Hall–Kier alpha value is -2.10. The number of carboxylic acids is 1. The lowest BCUT2D eigenvalue weighted by Crippen LogP contribution is -2.18. The fourth-order valence-corrected chi connectivity index (χ4v) is 5.70. The van der Waals surface area contributed by atoms with Crippen molar-refractivity contribution in [1.82, 2.24) is 0 Å². The van der Waals surface area contributed by atoms with Crippen LogP contribution in [0.15, 0.2) is 48.6 Å². The zero-order chi connectivity index (χ0) is 33.6. The molecule has 0 aliphatic rings. The third-order valence-corrected chi connectivity index (χ3v) is 8.57. The van der Waals surface area contributed by atoms with Crippen molar-refractivity contribution in [2.45, 2.75) is 206 Å². The molecule has 1 N–H and O–H groups in total. The van der Waals surface area contributed by atoms with Crippen molar-refractivity contribution in [2.75, 3.05) is 0 Å². The van der Waals surface area contributed by atoms with E-state index in [0.29, 0.717) is 12.8 Å².